The van der Waals surface area contributed by atoms with Gasteiger partial charge in [0.25, 0.3) is 0 Å². The summed E-state index contributed by atoms with van der Waals surface area (Å²) in [6.45, 7) is 7.81. The van der Waals surface area contributed by atoms with Gasteiger partial charge in [-0.15, -0.1) is 0 Å². The predicted molar refractivity (Wildman–Crippen MR) is 71.2 cm³/mol. The van der Waals surface area contributed by atoms with Crippen LogP contribution in [0.25, 0.3) is 0 Å². The molecule has 0 aromatic carbocycles. The first-order valence-corrected chi connectivity index (χ1v) is 6.76. The first-order valence-electron chi connectivity index (χ1n) is 5.95. The fraction of sp³-hybridized carbons (Fsp3) is 0.750. The zero-order chi connectivity index (χ0) is 14.2. The molecule has 0 saturated carbocycles. The highest BCUT2D eigenvalue weighted by Gasteiger charge is 2.24. The first kappa shape index (κ1) is 17.0. The molecule has 0 aromatic rings. The number of esters is 1. The molecule has 1 amide bonds. The third kappa shape index (κ3) is 8.11. The van der Waals surface area contributed by atoms with Crippen LogP contribution in [0.1, 0.15) is 40.5 Å². The number of rotatable bonds is 7. The van der Waals surface area contributed by atoms with Gasteiger partial charge in [0.2, 0.25) is 11.0 Å². The highest BCUT2D eigenvalue weighted by atomic mass is 32.2. The summed E-state index contributed by atoms with van der Waals surface area (Å²) in [5, 5.41) is 2.48. The highest BCUT2D eigenvalue weighted by Crippen LogP contribution is 2.25. The van der Waals surface area contributed by atoms with Gasteiger partial charge in [0, 0.05) is 17.7 Å². The summed E-state index contributed by atoms with van der Waals surface area (Å²) in [5.74, 6) is -0.565. The second-order valence-electron chi connectivity index (χ2n) is 4.35. The van der Waals surface area contributed by atoms with Crippen LogP contribution in [0.5, 0.6) is 0 Å². The number of nitrogens with one attached hydrogen (secondary N) is 1. The largest absolute Gasteiger partial charge is 0.466 e. The van der Waals surface area contributed by atoms with Crippen LogP contribution in [0.15, 0.2) is 0 Å². The van der Waals surface area contributed by atoms with Gasteiger partial charge < -0.3 is 10.1 Å². The number of amides is 1. The summed E-state index contributed by atoms with van der Waals surface area (Å²) >= 11 is 1.05. The number of hydrogen-bond acceptors (Lipinski definition) is 5. The number of carbonyl (C=O) groups excluding carboxylic acids is 3. The van der Waals surface area contributed by atoms with Crippen LogP contribution in [0.3, 0.4) is 0 Å². The molecule has 0 fully saturated rings. The molecule has 0 saturated heterocycles. The lowest BCUT2D eigenvalue weighted by atomic mass is 10.2. The fourth-order valence-corrected chi connectivity index (χ4v) is 2.10. The topological polar surface area (TPSA) is 72.5 Å². The van der Waals surface area contributed by atoms with Crippen molar-refractivity contribution < 1.29 is 19.1 Å². The summed E-state index contributed by atoms with van der Waals surface area (Å²) in [6.07, 6.45) is 0.182. The van der Waals surface area contributed by atoms with Gasteiger partial charge in [-0.3, -0.25) is 14.4 Å². The van der Waals surface area contributed by atoms with E-state index in [1.54, 1.807) is 13.8 Å². The second kappa shape index (κ2) is 8.13. The van der Waals surface area contributed by atoms with Gasteiger partial charge in [-0.25, -0.2) is 0 Å². The van der Waals surface area contributed by atoms with Gasteiger partial charge in [-0.2, -0.15) is 0 Å². The molecule has 0 unspecified atom stereocenters. The van der Waals surface area contributed by atoms with Gasteiger partial charge in [-0.05, 0) is 20.8 Å². The molecule has 6 heteroatoms. The third-order valence-corrected chi connectivity index (χ3v) is 3.09. The Morgan fingerprint density at radius 2 is 1.83 bits per heavy atom. The van der Waals surface area contributed by atoms with Crippen molar-refractivity contribution in [3.8, 4) is 0 Å². The summed E-state index contributed by atoms with van der Waals surface area (Å²) in [5.41, 5.74) is 0. The summed E-state index contributed by atoms with van der Waals surface area (Å²) in [6, 6.07) is 0. The van der Waals surface area contributed by atoms with Crippen LogP contribution in [0.2, 0.25) is 0 Å². The van der Waals surface area contributed by atoms with Gasteiger partial charge in [0.05, 0.1) is 6.61 Å². The first-order chi connectivity index (χ1) is 8.30. The van der Waals surface area contributed by atoms with Crippen molar-refractivity contribution in [1.29, 1.82) is 0 Å². The van der Waals surface area contributed by atoms with E-state index in [0.29, 0.717) is 13.0 Å². The Hall–Kier alpha value is -1.04. The van der Waals surface area contributed by atoms with E-state index in [1.165, 1.54) is 0 Å². The zero-order valence-corrected chi connectivity index (χ0v) is 12.2. The van der Waals surface area contributed by atoms with Crippen molar-refractivity contribution in [3.63, 3.8) is 0 Å². The van der Waals surface area contributed by atoms with E-state index in [4.69, 9.17) is 4.74 Å². The Morgan fingerprint density at radius 1 is 1.22 bits per heavy atom. The standard InChI is InChI=1S/C12H21NO4S/c1-5-9(14)13-8-12(3,4)18-11(16)7-10(15)17-6-2/h5-8H2,1-4H3,(H,13,14). The number of ether oxygens (including phenoxy) is 1. The van der Waals surface area contributed by atoms with Gasteiger partial charge >= 0.3 is 5.97 Å². The minimum Gasteiger partial charge on any atom is -0.466 e. The number of carbonyl (C=O) groups is 3. The average molecular weight is 275 g/mol. The maximum absolute atomic E-state index is 11.6. The lowest BCUT2D eigenvalue weighted by Gasteiger charge is -2.23. The quantitative estimate of drug-likeness (QED) is 0.563. The summed E-state index contributed by atoms with van der Waals surface area (Å²) in [7, 11) is 0. The molecule has 0 atom stereocenters. The normalized spacial score (nSPS) is 10.9. The molecule has 0 aliphatic carbocycles. The zero-order valence-electron chi connectivity index (χ0n) is 11.4. The van der Waals surface area contributed by atoms with Gasteiger partial charge in [0.15, 0.2) is 0 Å². The van der Waals surface area contributed by atoms with Crippen LogP contribution >= 0.6 is 11.8 Å². The molecule has 104 valence electrons. The molecule has 0 aromatic heterocycles. The fourth-order valence-electron chi connectivity index (χ4n) is 1.15. The average Bonchev–Trinajstić information content (AvgIpc) is 2.25. The molecular formula is C12H21NO4S. The Bertz CT molecular complexity index is 315. The second-order valence-corrected chi connectivity index (χ2v) is 6.11. The molecule has 18 heavy (non-hydrogen) atoms. The van der Waals surface area contributed by atoms with Crippen molar-refractivity contribution in [1.82, 2.24) is 5.32 Å². The van der Waals surface area contributed by atoms with E-state index in [2.05, 4.69) is 5.32 Å². The van der Waals surface area contributed by atoms with Crippen LogP contribution in [0, 0.1) is 0 Å². The Balaban J connectivity index is 4.10. The monoisotopic (exact) mass is 275 g/mol. The van der Waals surface area contributed by atoms with Crippen LogP contribution in [-0.4, -0.2) is 34.9 Å². The maximum Gasteiger partial charge on any atom is 0.314 e. The molecule has 0 spiro atoms. The van der Waals surface area contributed by atoms with Crippen molar-refractivity contribution in [2.75, 3.05) is 13.2 Å². The van der Waals surface area contributed by atoms with Crippen LogP contribution in [-0.2, 0) is 19.1 Å². The third-order valence-electron chi connectivity index (χ3n) is 2.02. The van der Waals surface area contributed by atoms with Crippen molar-refractivity contribution >= 4 is 28.8 Å². The van der Waals surface area contributed by atoms with Crippen molar-refractivity contribution in [2.24, 2.45) is 0 Å². The lowest BCUT2D eigenvalue weighted by molar-refractivity contribution is -0.144. The van der Waals surface area contributed by atoms with E-state index in [-0.39, 0.29) is 24.1 Å². The molecule has 0 radical (unpaired) electrons. The van der Waals surface area contributed by atoms with E-state index in [9.17, 15) is 14.4 Å². The van der Waals surface area contributed by atoms with Crippen LogP contribution < -0.4 is 5.32 Å². The van der Waals surface area contributed by atoms with Crippen molar-refractivity contribution in [2.45, 2.75) is 45.3 Å². The molecule has 0 aliphatic rings. The predicted octanol–water partition coefficient (Wildman–Crippen LogP) is 1.50. The number of hydrogen-bond donors (Lipinski definition) is 1. The molecule has 0 bridgehead atoms. The van der Waals surface area contributed by atoms with E-state index in [0.717, 1.165) is 11.8 Å². The number of thioether (sulfide) groups is 1. The smallest absolute Gasteiger partial charge is 0.314 e. The van der Waals surface area contributed by atoms with Crippen LogP contribution in [0.4, 0.5) is 0 Å². The molecular weight excluding hydrogens is 254 g/mol. The van der Waals surface area contributed by atoms with E-state index < -0.39 is 10.7 Å². The Morgan fingerprint density at radius 3 is 2.33 bits per heavy atom. The van der Waals surface area contributed by atoms with Gasteiger partial charge in [-0.1, -0.05) is 18.7 Å². The minimum atomic E-state index is -0.511. The van der Waals surface area contributed by atoms with E-state index >= 15 is 0 Å². The highest BCUT2D eigenvalue weighted by molar-refractivity contribution is 8.14. The summed E-state index contributed by atoms with van der Waals surface area (Å²) in [4.78, 5) is 33.9. The Labute approximate surface area is 112 Å². The molecule has 0 heterocycles. The molecule has 5 nitrogen and oxygen atoms in total. The minimum absolute atomic E-state index is 0.0542. The van der Waals surface area contributed by atoms with Gasteiger partial charge in [0.1, 0.15) is 6.42 Å². The Kier molecular flexibility index (Phi) is 7.66. The van der Waals surface area contributed by atoms with E-state index in [1.807, 2.05) is 13.8 Å². The molecule has 1 N–H and O–H groups in total. The molecule has 0 rings (SSSR count). The maximum atomic E-state index is 11.6. The van der Waals surface area contributed by atoms with Crippen molar-refractivity contribution in [3.05, 3.63) is 0 Å². The lowest BCUT2D eigenvalue weighted by Crippen LogP contribution is -2.36. The summed E-state index contributed by atoms with van der Waals surface area (Å²) < 4.78 is 4.26. The SMILES string of the molecule is CCOC(=O)CC(=O)SC(C)(C)CNC(=O)CC. The molecule has 0 aliphatic heterocycles.